The van der Waals surface area contributed by atoms with Crippen LogP contribution in [-0.2, 0) is 24.2 Å². The number of nitrogens with one attached hydrogen (secondary N) is 1. The first kappa shape index (κ1) is 14.1. The summed E-state index contributed by atoms with van der Waals surface area (Å²) in [5, 5.41) is 11.5. The molecule has 1 rings (SSSR count). The highest BCUT2D eigenvalue weighted by atomic mass is 16.5. The Kier molecular flexibility index (Phi) is 6.10. The number of ether oxygens (including phenoxy) is 1. The fourth-order valence-corrected chi connectivity index (χ4v) is 1.62. The van der Waals surface area contributed by atoms with Crippen LogP contribution in [0, 0.1) is 0 Å². The van der Waals surface area contributed by atoms with Crippen molar-refractivity contribution in [3.05, 3.63) is 11.4 Å². The third-order valence-electron chi connectivity index (χ3n) is 2.56. The largest absolute Gasteiger partial charge is 0.384 e. The topological polar surface area (TPSA) is 55.2 Å². The van der Waals surface area contributed by atoms with Crippen LogP contribution in [0.2, 0.25) is 0 Å². The molecule has 6 heteroatoms. The molecule has 0 aliphatic rings. The summed E-state index contributed by atoms with van der Waals surface area (Å²) in [6, 6.07) is 0. The maximum Gasteiger partial charge on any atom is 0.0997 e. The van der Waals surface area contributed by atoms with Crippen LogP contribution < -0.4 is 5.32 Å². The van der Waals surface area contributed by atoms with E-state index in [4.69, 9.17) is 4.74 Å². The summed E-state index contributed by atoms with van der Waals surface area (Å²) < 4.78 is 7.11. The lowest BCUT2D eigenvalue weighted by Gasteiger charge is -2.11. The molecule has 0 aromatic carbocycles. The predicted octanol–water partition coefficient (Wildman–Crippen LogP) is -0.252. The Morgan fingerprint density at radius 1 is 1.41 bits per heavy atom. The Hall–Kier alpha value is -0.980. The van der Waals surface area contributed by atoms with Gasteiger partial charge in [-0.3, -0.25) is 0 Å². The zero-order chi connectivity index (χ0) is 12.7. The van der Waals surface area contributed by atoms with Crippen LogP contribution in [-0.4, -0.2) is 61.3 Å². The Labute approximate surface area is 103 Å². The van der Waals surface area contributed by atoms with Gasteiger partial charge in [0.1, 0.15) is 0 Å². The van der Waals surface area contributed by atoms with Gasteiger partial charge >= 0.3 is 0 Å². The quantitative estimate of drug-likeness (QED) is 0.680. The van der Waals surface area contributed by atoms with Gasteiger partial charge in [0.05, 0.1) is 24.5 Å². The van der Waals surface area contributed by atoms with E-state index in [2.05, 4.69) is 34.6 Å². The van der Waals surface area contributed by atoms with Crippen LogP contribution in [0.3, 0.4) is 0 Å². The number of rotatable bonds is 8. The van der Waals surface area contributed by atoms with Crippen molar-refractivity contribution in [1.29, 1.82) is 0 Å². The highest BCUT2D eigenvalue weighted by Crippen LogP contribution is 2.06. The smallest absolute Gasteiger partial charge is 0.0997 e. The lowest BCUT2D eigenvalue weighted by molar-refractivity contribution is 0.199. The molecular weight excluding hydrogens is 218 g/mol. The number of hydrogen-bond donors (Lipinski definition) is 1. The summed E-state index contributed by atoms with van der Waals surface area (Å²) >= 11 is 0. The minimum atomic E-state index is 0.700. The van der Waals surface area contributed by atoms with Gasteiger partial charge in [-0.15, -0.1) is 5.10 Å². The summed E-state index contributed by atoms with van der Waals surface area (Å²) in [5.74, 6) is 0. The van der Waals surface area contributed by atoms with E-state index in [0.29, 0.717) is 6.61 Å². The van der Waals surface area contributed by atoms with Gasteiger partial charge in [0.2, 0.25) is 0 Å². The second kappa shape index (κ2) is 7.37. The summed E-state index contributed by atoms with van der Waals surface area (Å²) in [6.07, 6.45) is 0.855. The first-order chi connectivity index (χ1) is 8.19. The van der Waals surface area contributed by atoms with Gasteiger partial charge in [-0.05, 0) is 21.1 Å². The third-order valence-corrected chi connectivity index (χ3v) is 2.56. The standard InChI is InChI=1S/C11H23N5O/c1-12-9-10-11(5-8-17-4)16(14-13-10)7-6-15(2)3/h12H,5-9H2,1-4H3. The highest BCUT2D eigenvalue weighted by Gasteiger charge is 2.11. The third kappa shape index (κ3) is 4.41. The van der Waals surface area contributed by atoms with Crippen molar-refractivity contribution < 1.29 is 4.74 Å². The van der Waals surface area contributed by atoms with E-state index in [1.165, 1.54) is 5.69 Å². The number of nitrogens with zero attached hydrogens (tertiary/aromatic N) is 4. The van der Waals surface area contributed by atoms with Crippen LogP contribution in [0.5, 0.6) is 0 Å². The first-order valence-electron chi connectivity index (χ1n) is 5.88. The van der Waals surface area contributed by atoms with Crippen molar-refractivity contribution in [1.82, 2.24) is 25.2 Å². The number of aromatic nitrogens is 3. The molecule has 1 aromatic rings. The second-order valence-corrected chi connectivity index (χ2v) is 4.28. The zero-order valence-corrected chi connectivity index (χ0v) is 11.2. The number of likely N-dealkylation sites (N-methyl/N-ethyl adjacent to an activating group) is 1. The predicted molar refractivity (Wildman–Crippen MR) is 66.9 cm³/mol. The molecule has 0 bridgehead atoms. The number of hydrogen-bond acceptors (Lipinski definition) is 5. The molecule has 1 heterocycles. The monoisotopic (exact) mass is 241 g/mol. The first-order valence-corrected chi connectivity index (χ1v) is 5.88. The summed E-state index contributed by atoms with van der Waals surface area (Å²) in [6.45, 7) is 3.28. The average molecular weight is 241 g/mol. The molecule has 0 fully saturated rings. The Morgan fingerprint density at radius 2 is 2.18 bits per heavy atom. The molecule has 0 radical (unpaired) electrons. The van der Waals surface area contributed by atoms with Crippen molar-refractivity contribution in [2.75, 3.05) is 41.4 Å². The molecule has 0 saturated heterocycles. The van der Waals surface area contributed by atoms with Crippen LogP contribution in [0.1, 0.15) is 11.4 Å². The molecule has 0 aliphatic heterocycles. The van der Waals surface area contributed by atoms with Gasteiger partial charge < -0.3 is 15.0 Å². The van der Waals surface area contributed by atoms with Gasteiger partial charge in [0, 0.05) is 26.6 Å². The minimum absolute atomic E-state index is 0.700. The van der Waals surface area contributed by atoms with Crippen LogP contribution >= 0.6 is 0 Å². The molecule has 0 amide bonds. The second-order valence-electron chi connectivity index (χ2n) is 4.28. The van der Waals surface area contributed by atoms with E-state index in [1.54, 1.807) is 7.11 Å². The normalized spacial score (nSPS) is 11.4. The van der Waals surface area contributed by atoms with Crippen LogP contribution in [0.25, 0.3) is 0 Å². The van der Waals surface area contributed by atoms with E-state index in [1.807, 2.05) is 11.7 Å². The lowest BCUT2D eigenvalue weighted by atomic mass is 10.2. The van der Waals surface area contributed by atoms with Crippen LogP contribution in [0.4, 0.5) is 0 Å². The fourth-order valence-electron chi connectivity index (χ4n) is 1.62. The van der Waals surface area contributed by atoms with Gasteiger partial charge in [-0.25, -0.2) is 4.68 Å². The fraction of sp³-hybridized carbons (Fsp3) is 0.818. The summed E-state index contributed by atoms with van der Waals surface area (Å²) in [5.41, 5.74) is 2.19. The lowest BCUT2D eigenvalue weighted by Crippen LogP contribution is -2.21. The Balaban J connectivity index is 2.72. The van der Waals surface area contributed by atoms with Crippen molar-refractivity contribution in [2.45, 2.75) is 19.5 Å². The molecule has 0 unspecified atom stereocenters. The highest BCUT2D eigenvalue weighted by molar-refractivity contribution is 5.10. The number of methoxy groups -OCH3 is 1. The van der Waals surface area contributed by atoms with E-state index in [9.17, 15) is 0 Å². The van der Waals surface area contributed by atoms with E-state index in [0.717, 1.165) is 31.7 Å². The maximum atomic E-state index is 5.13. The molecule has 1 aromatic heterocycles. The molecular formula is C11H23N5O. The summed E-state index contributed by atoms with van der Waals surface area (Å²) in [7, 11) is 7.74. The Morgan fingerprint density at radius 3 is 2.76 bits per heavy atom. The molecule has 98 valence electrons. The van der Waals surface area contributed by atoms with Gasteiger partial charge in [0.15, 0.2) is 0 Å². The maximum absolute atomic E-state index is 5.13. The van der Waals surface area contributed by atoms with Gasteiger partial charge in [0.25, 0.3) is 0 Å². The molecule has 0 spiro atoms. The summed E-state index contributed by atoms with van der Waals surface area (Å²) in [4.78, 5) is 2.14. The SMILES string of the molecule is CNCc1nnn(CCN(C)C)c1CCOC. The molecule has 6 nitrogen and oxygen atoms in total. The van der Waals surface area contributed by atoms with Crippen molar-refractivity contribution in [3.8, 4) is 0 Å². The van der Waals surface area contributed by atoms with E-state index < -0.39 is 0 Å². The zero-order valence-electron chi connectivity index (χ0n) is 11.2. The Bertz CT molecular complexity index is 324. The molecule has 0 atom stereocenters. The van der Waals surface area contributed by atoms with Crippen molar-refractivity contribution >= 4 is 0 Å². The van der Waals surface area contributed by atoms with Crippen LogP contribution in [0.15, 0.2) is 0 Å². The average Bonchev–Trinajstić information content (AvgIpc) is 2.67. The van der Waals surface area contributed by atoms with Gasteiger partial charge in [-0.2, -0.15) is 0 Å². The van der Waals surface area contributed by atoms with Crippen molar-refractivity contribution in [2.24, 2.45) is 0 Å². The molecule has 1 N–H and O–H groups in total. The van der Waals surface area contributed by atoms with E-state index >= 15 is 0 Å². The van der Waals surface area contributed by atoms with Gasteiger partial charge in [-0.1, -0.05) is 5.21 Å². The van der Waals surface area contributed by atoms with E-state index in [-0.39, 0.29) is 0 Å². The minimum Gasteiger partial charge on any atom is -0.384 e. The molecule has 0 saturated carbocycles. The molecule has 17 heavy (non-hydrogen) atoms. The van der Waals surface area contributed by atoms with Crippen molar-refractivity contribution in [3.63, 3.8) is 0 Å². The molecule has 0 aliphatic carbocycles.